The fraction of sp³-hybridized carbons (Fsp3) is 0.125. The van der Waals surface area contributed by atoms with Crippen LogP contribution in [0.3, 0.4) is 0 Å². The Morgan fingerprint density at radius 2 is 1.86 bits per heavy atom. The fourth-order valence-electron chi connectivity index (χ4n) is 2.16. The zero-order chi connectivity index (χ0) is 14.7. The Morgan fingerprint density at radius 3 is 2.67 bits per heavy atom. The summed E-state index contributed by atoms with van der Waals surface area (Å²) in [6.07, 6.45) is 2.24. The van der Waals surface area contributed by atoms with Gasteiger partial charge in [-0.05, 0) is 42.3 Å². The van der Waals surface area contributed by atoms with Gasteiger partial charge >= 0.3 is 0 Å². The van der Waals surface area contributed by atoms with Gasteiger partial charge in [0.05, 0.1) is 5.52 Å². The molecular weight excluding hydrogens is 269 g/mol. The fourth-order valence-corrected chi connectivity index (χ4v) is 2.16. The van der Waals surface area contributed by atoms with Crippen LogP contribution in [-0.4, -0.2) is 21.6 Å². The topological polar surface area (TPSA) is 58.0 Å². The molecule has 0 bridgehead atoms. The molecule has 21 heavy (non-hydrogen) atoms. The zero-order valence-electron chi connectivity index (χ0n) is 11.3. The zero-order valence-corrected chi connectivity index (χ0v) is 11.3. The van der Waals surface area contributed by atoms with E-state index in [2.05, 4.69) is 15.3 Å². The van der Waals surface area contributed by atoms with E-state index in [9.17, 15) is 9.50 Å². The van der Waals surface area contributed by atoms with E-state index in [0.717, 1.165) is 12.0 Å². The van der Waals surface area contributed by atoms with Gasteiger partial charge in [0, 0.05) is 11.9 Å². The van der Waals surface area contributed by atoms with Crippen LogP contribution in [0.5, 0.6) is 5.75 Å². The van der Waals surface area contributed by atoms with Crippen LogP contribution in [0, 0.1) is 5.82 Å². The van der Waals surface area contributed by atoms with E-state index >= 15 is 0 Å². The lowest BCUT2D eigenvalue weighted by Gasteiger charge is -2.08. The van der Waals surface area contributed by atoms with Crippen LogP contribution in [-0.2, 0) is 6.42 Å². The van der Waals surface area contributed by atoms with Gasteiger partial charge in [-0.1, -0.05) is 12.1 Å². The largest absolute Gasteiger partial charge is 0.508 e. The minimum absolute atomic E-state index is 0.254. The minimum atomic E-state index is -0.307. The number of phenolic OH excluding ortho intramolecular Hbond substituents is 1. The smallest absolute Gasteiger partial charge is 0.137 e. The van der Waals surface area contributed by atoms with Crippen molar-refractivity contribution in [2.45, 2.75) is 6.42 Å². The van der Waals surface area contributed by atoms with E-state index in [-0.39, 0.29) is 11.6 Å². The Bertz CT molecular complexity index is 759. The number of benzene rings is 2. The van der Waals surface area contributed by atoms with Crippen molar-refractivity contribution in [3.05, 3.63) is 60.2 Å². The van der Waals surface area contributed by atoms with Crippen molar-refractivity contribution in [1.29, 1.82) is 0 Å². The summed E-state index contributed by atoms with van der Waals surface area (Å²) in [6, 6.07) is 11.5. The summed E-state index contributed by atoms with van der Waals surface area (Å²) >= 11 is 0. The molecule has 106 valence electrons. The maximum atomic E-state index is 13.3. The van der Waals surface area contributed by atoms with Crippen molar-refractivity contribution >= 4 is 16.7 Å². The highest BCUT2D eigenvalue weighted by Crippen LogP contribution is 2.20. The van der Waals surface area contributed by atoms with Gasteiger partial charge in [0.15, 0.2) is 0 Å². The number of nitrogens with one attached hydrogen (secondary N) is 1. The molecule has 5 heteroatoms. The molecule has 1 heterocycles. The molecule has 3 aromatic rings. The van der Waals surface area contributed by atoms with Crippen LogP contribution < -0.4 is 5.32 Å². The molecule has 0 amide bonds. The predicted molar refractivity (Wildman–Crippen MR) is 79.8 cm³/mol. The number of anilines is 1. The van der Waals surface area contributed by atoms with E-state index in [1.807, 2.05) is 12.1 Å². The van der Waals surface area contributed by atoms with Gasteiger partial charge in [0.1, 0.15) is 23.7 Å². The summed E-state index contributed by atoms with van der Waals surface area (Å²) in [5.74, 6) is 0.571. The average molecular weight is 283 g/mol. The molecule has 2 N–H and O–H groups in total. The van der Waals surface area contributed by atoms with Crippen molar-refractivity contribution < 1.29 is 9.50 Å². The third-order valence-electron chi connectivity index (χ3n) is 3.24. The quantitative estimate of drug-likeness (QED) is 0.772. The molecule has 3 rings (SSSR count). The molecule has 4 nitrogen and oxygen atoms in total. The Balaban J connectivity index is 1.73. The average Bonchev–Trinajstić information content (AvgIpc) is 2.50. The summed E-state index contributed by atoms with van der Waals surface area (Å²) in [5, 5.41) is 13.1. The number of nitrogens with zero attached hydrogens (tertiary/aromatic N) is 2. The first-order valence-electron chi connectivity index (χ1n) is 6.64. The lowest BCUT2D eigenvalue weighted by Crippen LogP contribution is -2.07. The van der Waals surface area contributed by atoms with Gasteiger partial charge in [-0.15, -0.1) is 0 Å². The molecule has 0 saturated heterocycles. The van der Waals surface area contributed by atoms with E-state index in [4.69, 9.17) is 0 Å². The second kappa shape index (κ2) is 5.75. The standard InChI is InChI=1S/C16H14FN3O/c17-12-3-6-15-14(9-12)16(20-10-19-15)18-8-7-11-1-4-13(21)5-2-11/h1-6,9-10,21H,7-8H2,(H,18,19,20). The molecular formula is C16H14FN3O. The van der Waals surface area contributed by atoms with Crippen LogP contribution in [0.2, 0.25) is 0 Å². The van der Waals surface area contributed by atoms with Crippen molar-refractivity contribution in [3.63, 3.8) is 0 Å². The van der Waals surface area contributed by atoms with Gasteiger partial charge in [-0.25, -0.2) is 14.4 Å². The molecule has 0 aliphatic heterocycles. The Morgan fingerprint density at radius 1 is 1.05 bits per heavy atom. The molecule has 0 spiro atoms. The lowest BCUT2D eigenvalue weighted by molar-refractivity contribution is 0.475. The van der Waals surface area contributed by atoms with Crippen LogP contribution in [0.1, 0.15) is 5.56 Å². The number of hydrogen-bond acceptors (Lipinski definition) is 4. The first kappa shape index (κ1) is 13.3. The SMILES string of the molecule is Oc1ccc(CCNc2ncnc3ccc(F)cc23)cc1. The number of aromatic hydroxyl groups is 1. The van der Waals surface area contributed by atoms with Crippen LogP contribution in [0.15, 0.2) is 48.8 Å². The van der Waals surface area contributed by atoms with Gasteiger partial charge < -0.3 is 10.4 Å². The van der Waals surface area contributed by atoms with Crippen LogP contribution >= 0.6 is 0 Å². The second-order valence-corrected chi connectivity index (χ2v) is 4.73. The molecule has 0 unspecified atom stereocenters. The van der Waals surface area contributed by atoms with Gasteiger partial charge in [-0.2, -0.15) is 0 Å². The molecule has 0 aliphatic rings. The molecule has 0 fully saturated rings. The minimum Gasteiger partial charge on any atom is -0.508 e. The first-order chi connectivity index (χ1) is 10.2. The van der Waals surface area contributed by atoms with Gasteiger partial charge in [0.2, 0.25) is 0 Å². The van der Waals surface area contributed by atoms with Crippen molar-refractivity contribution in [2.75, 3.05) is 11.9 Å². The van der Waals surface area contributed by atoms with E-state index in [1.54, 1.807) is 18.2 Å². The maximum Gasteiger partial charge on any atom is 0.137 e. The summed E-state index contributed by atoms with van der Waals surface area (Å²) in [5.41, 5.74) is 1.81. The molecule has 0 atom stereocenters. The number of rotatable bonds is 4. The Kier molecular flexibility index (Phi) is 3.64. The van der Waals surface area contributed by atoms with E-state index in [1.165, 1.54) is 18.5 Å². The normalized spacial score (nSPS) is 10.7. The monoisotopic (exact) mass is 283 g/mol. The Labute approximate surface area is 121 Å². The molecule has 0 radical (unpaired) electrons. The molecule has 0 saturated carbocycles. The maximum absolute atomic E-state index is 13.3. The summed E-state index contributed by atoms with van der Waals surface area (Å²) in [6.45, 7) is 0.660. The summed E-state index contributed by atoms with van der Waals surface area (Å²) in [7, 11) is 0. The predicted octanol–water partition coefficient (Wildman–Crippen LogP) is 3.13. The Hall–Kier alpha value is -2.69. The number of halogens is 1. The van der Waals surface area contributed by atoms with Gasteiger partial charge in [-0.3, -0.25) is 0 Å². The summed E-state index contributed by atoms with van der Waals surface area (Å²) in [4.78, 5) is 8.28. The molecule has 0 aliphatic carbocycles. The highest BCUT2D eigenvalue weighted by atomic mass is 19.1. The summed E-state index contributed by atoms with van der Waals surface area (Å²) < 4.78 is 13.3. The van der Waals surface area contributed by atoms with Gasteiger partial charge in [0.25, 0.3) is 0 Å². The van der Waals surface area contributed by atoms with Crippen molar-refractivity contribution in [1.82, 2.24) is 9.97 Å². The third-order valence-corrected chi connectivity index (χ3v) is 3.24. The van der Waals surface area contributed by atoms with Crippen molar-refractivity contribution in [3.8, 4) is 5.75 Å². The lowest BCUT2D eigenvalue weighted by atomic mass is 10.1. The molecule has 1 aromatic heterocycles. The van der Waals surface area contributed by atoms with Crippen LogP contribution in [0.25, 0.3) is 10.9 Å². The van der Waals surface area contributed by atoms with Crippen LogP contribution in [0.4, 0.5) is 10.2 Å². The third kappa shape index (κ3) is 3.08. The number of fused-ring (bicyclic) bond motifs is 1. The number of hydrogen-bond donors (Lipinski definition) is 2. The highest BCUT2D eigenvalue weighted by Gasteiger charge is 2.04. The van der Waals surface area contributed by atoms with E-state index < -0.39 is 0 Å². The number of phenols is 1. The first-order valence-corrected chi connectivity index (χ1v) is 6.64. The number of aromatic nitrogens is 2. The van der Waals surface area contributed by atoms with E-state index in [0.29, 0.717) is 23.3 Å². The molecule has 2 aromatic carbocycles. The second-order valence-electron chi connectivity index (χ2n) is 4.73. The van der Waals surface area contributed by atoms with Crippen molar-refractivity contribution in [2.24, 2.45) is 0 Å². The highest BCUT2D eigenvalue weighted by molar-refractivity contribution is 5.88.